The number of benzene rings is 2. The van der Waals surface area contributed by atoms with Crippen LogP contribution in [0.1, 0.15) is 5.56 Å². The van der Waals surface area contributed by atoms with Crippen molar-refractivity contribution in [2.75, 3.05) is 12.4 Å². The third-order valence-electron chi connectivity index (χ3n) is 4.85. The van der Waals surface area contributed by atoms with Crippen LogP contribution in [0.15, 0.2) is 54.9 Å². The summed E-state index contributed by atoms with van der Waals surface area (Å²) in [5.41, 5.74) is 3.88. The number of aromatic nitrogens is 8. The highest BCUT2D eigenvalue weighted by Gasteiger charge is 2.11. The van der Waals surface area contributed by atoms with Gasteiger partial charge in [-0.25, -0.2) is 19.0 Å². The Bertz CT molecular complexity index is 1410. The molecule has 0 unspecified atom stereocenters. The molecule has 11 heteroatoms. The Hall–Kier alpha value is -4.41. The molecular weight excluding hydrogens is 413 g/mol. The maximum absolute atomic E-state index is 14.0. The molecule has 32 heavy (non-hydrogen) atoms. The van der Waals surface area contributed by atoms with Gasteiger partial charge in [-0.1, -0.05) is 17.3 Å². The van der Waals surface area contributed by atoms with Crippen LogP contribution < -0.4 is 10.1 Å². The van der Waals surface area contributed by atoms with Gasteiger partial charge in [0.15, 0.2) is 17.4 Å². The summed E-state index contributed by atoms with van der Waals surface area (Å²) in [6.45, 7) is 0.385. The number of anilines is 2. The fraction of sp³-hybridized carbons (Fsp3) is 0.143. The molecule has 3 aromatic heterocycles. The summed E-state index contributed by atoms with van der Waals surface area (Å²) >= 11 is 0. The van der Waals surface area contributed by atoms with Gasteiger partial charge in [0.25, 0.3) is 0 Å². The number of hydrogen-bond acceptors (Lipinski definition) is 8. The second-order valence-electron chi connectivity index (χ2n) is 7.03. The molecule has 0 atom stereocenters. The standard InChI is InChI=1S/C21H18FN9O/c1-30-24-11-20(28-30)26-21-23-8-7-16(25-21)14-4-5-18-17(10-14)27-29-31(18)12-13-3-6-19(32-2)15(22)9-13/h3-11H,12H2,1-2H3,(H,23,25,26,28). The Labute approximate surface area is 181 Å². The fourth-order valence-electron chi connectivity index (χ4n) is 3.33. The van der Waals surface area contributed by atoms with Gasteiger partial charge in [0.1, 0.15) is 5.52 Å². The molecule has 5 rings (SSSR count). The van der Waals surface area contributed by atoms with Crippen molar-refractivity contribution in [1.82, 2.24) is 40.0 Å². The highest BCUT2D eigenvalue weighted by molar-refractivity contribution is 5.80. The van der Waals surface area contributed by atoms with Gasteiger partial charge in [0.2, 0.25) is 5.95 Å². The molecule has 5 aromatic rings. The van der Waals surface area contributed by atoms with Crippen molar-refractivity contribution < 1.29 is 9.13 Å². The van der Waals surface area contributed by atoms with Crippen molar-refractivity contribution in [1.29, 1.82) is 0 Å². The van der Waals surface area contributed by atoms with Crippen molar-refractivity contribution in [3.63, 3.8) is 0 Å². The first-order valence-electron chi connectivity index (χ1n) is 9.71. The normalized spacial score (nSPS) is 11.1. The van der Waals surface area contributed by atoms with E-state index < -0.39 is 5.82 Å². The number of nitrogens with one attached hydrogen (secondary N) is 1. The number of ether oxygens (including phenoxy) is 1. The van der Waals surface area contributed by atoms with E-state index in [4.69, 9.17) is 4.74 Å². The first-order chi connectivity index (χ1) is 15.6. The van der Waals surface area contributed by atoms with Crippen molar-refractivity contribution in [2.45, 2.75) is 6.54 Å². The van der Waals surface area contributed by atoms with Crippen molar-refractivity contribution >= 4 is 22.8 Å². The summed E-state index contributed by atoms with van der Waals surface area (Å²) in [6, 6.07) is 12.4. The largest absolute Gasteiger partial charge is 0.494 e. The Morgan fingerprint density at radius 3 is 2.81 bits per heavy atom. The van der Waals surface area contributed by atoms with Crippen LogP contribution >= 0.6 is 0 Å². The lowest BCUT2D eigenvalue weighted by Gasteiger charge is -2.07. The zero-order chi connectivity index (χ0) is 22.1. The van der Waals surface area contributed by atoms with E-state index in [1.54, 1.807) is 36.3 Å². The Morgan fingerprint density at radius 1 is 1.12 bits per heavy atom. The van der Waals surface area contributed by atoms with Crippen LogP contribution in [0.3, 0.4) is 0 Å². The lowest BCUT2D eigenvalue weighted by molar-refractivity contribution is 0.386. The van der Waals surface area contributed by atoms with Gasteiger partial charge in [-0.2, -0.15) is 9.90 Å². The number of rotatable bonds is 6. The fourth-order valence-corrected chi connectivity index (χ4v) is 3.33. The minimum Gasteiger partial charge on any atom is -0.494 e. The van der Waals surface area contributed by atoms with E-state index in [0.29, 0.717) is 23.8 Å². The van der Waals surface area contributed by atoms with Crippen LogP contribution in [0.2, 0.25) is 0 Å². The second kappa shape index (κ2) is 8.02. The van der Waals surface area contributed by atoms with E-state index in [-0.39, 0.29) is 5.75 Å². The lowest BCUT2D eigenvalue weighted by Crippen LogP contribution is -2.02. The van der Waals surface area contributed by atoms with Crippen LogP contribution in [0.4, 0.5) is 16.2 Å². The van der Waals surface area contributed by atoms with E-state index >= 15 is 0 Å². The summed E-state index contributed by atoms with van der Waals surface area (Å²) in [5, 5.41) is 19.7. The maximum atomic E-state index is 14.0. The van der Waals surface area contributed by atoms with Gasteiger partial charge in [-0.15, -0.1) is 10.2 Å². The van der Waals surface area contributed by atoms with Crippen LogP contribution in [-0.4, -0.2) is 47.1 Å². The lowest BCUT2D eigenvalue weighted by atomic mass is 10.1. The number of methoxy groups -OCH3 is 1. The highest BCUT2D eigenvalue weighted by Crippen LogP contribution is 2.24. The van der Waals surface area contributed by atoms with Crippen molar-refractivity contribution in [3.05, 3.63) is 66.2 Å². The van der Waals surface area contributed by atoms with E-state index in [2.05, 4.69) is 35.8 Å². The molecule has 0 aliphatic rings. The van der Waals surface area contributed by atoms with Gasteiger partial charge in [-0.3, -0.25) is 0 Å². The molecule has 0 saturated heterocycles. The molecule has 3 heterocycles. The number of hydrogen-bond donors (Lipinski definition) is 1. The molecule has 0 amide bonds. The SMILES string of the molecule is COc1ccc(Cn2nnc3cc(-c4ccnc(Nc5cnn(C)n5)n4)ccc32)cc1F. The number of aryl methyl sites for hydroxylation is 1. The molecule has 0 spiro atoms. The van der Waals surface area contributed by atoms with Crippen LogP contribution in [0.5, 0.6) is 5.75 Å². The quantitative estimate of drug-likeness (QED) is 0.437. The van der Waals surface area contributed by atoms with Gasteiger partial charge in [-0.05, 0) is 35.9 Å². The van der Waals surface area contributed by atoms with E-state index in [9.17, 15) is 4.39 Å². The Balaban J connectivity index is 1.40. The summed E-state index contributed by atoms with van der Waals surface area (Å²) in [7, 11) is 3.17. The predicted molar refractivity (Wildman–Crippen MR) is 115 cm³/mol. The Kier molecular flexibility index (Phi) is 4.90. The molecule has 0 aliphatic carbocycles. The highest BCUT2D eigenvalue weighted by atomic mass is 19.1. The topological polar surface area (TPSA) is 108 Å². The van der Waals surface area contributed by atoms with E-state index in [1.807, 2.05) is 24.3 Å². The molecule has 10 nitrogen and oxygen atoms in total. The summed E-state index contributed by atoms with van der Waals surface area (Å²) in [4.78, 5) is 10.2. The predicted octanol–water partition coefficient (Wildman–Crippen LogP) is 2.96. The third-order valence-corrected chi connectivity index (χ3v) is 4.85. The van der Waals surface area contributed by atoms with Gasteiger partial charge < -0.3 is 10.1 Å². The third kappa shape index (κ3) is 3.83. The summed E-state index contributed by atoms with van der Waals surface area (Å²) in [6.07, 6.45) is 3.26. The average Bonchev–Trinajstić information content (AvgIpc) is 3.39. The van der Waals surface area contributed by atoms with Crippen LogP contribution in [0, 0.1) is 5.82 Å². The van der Waals surface area contributed by atoms with E-state index in [0.717, 1.165) is 22.3 Å². The molecular formula is C21H18FN9O. The first kappa shape index (κ1) is 19.5. The number of halogens is 1. The maximum Gasteiger partial charge on any atom is 0.228 e. The monoisotopic (exact) mass is 431 g/mol. The zero-order valence-corrected chi connectivity index (χ0v) is 17.3. The minimum absolute atomic E-state index is 0.208. The summed E-state index contributed by atoms with van der Waals surface area (Å²) < 4.78 is 20.7. The summed E-state index contributed by atoms with van der Waals surface area (Å²) in [5.74, 6) is 0.762. The molecule has 0 fully saturated rings. The molecule has 0 bridgehead atoms. The average molecular weight is 431 g/mol. The first-order valence-corrected chi connectivity index (χ1v) is 9.71. The zero-order valence-electron chi connectivity index (χ0n) is 17.3. The van der Waals surface area contributed by atoms with Gasteiger partial charge in [0.05, 0.1) is 31.1 Å². The minimum atomic E-state index is -0.411. The van der Waals surface area contributed by atoms with Gasteiger partial charge in [0, 0.05) is 18.8 Å². The molecule has 0 radical (unpaired) electrons. The number of nitrogens with zero attached hydrogens (tertiary/aromatic N) is 8. The van der Waals surface area contributed by atoms with E-state index in [1.165, 1.54) is 18.0 Å². The molecule has 0 aliphatic heterocycles. The smallest absolute Gasteiger partial charge is 0.228 e. The van der Waals surface area contributed by atoms with Crippen molar-refractivity contribution in [3.8, 4) is 17.0 Å². The number of fused-ring (bicyclic) bond motifs is 1. The second-order valence-corrected chi connectivity index (χ2v) is 7.03. The molecule has 160 valence electrons. The van der Waals surface area contributed by atoms with Gasteiger partial charge >= 0.3 is 0 Å². The molecule has 2 aromatic carbocycles. The molecule has 1 N–H and O–H groups in total. The molecule has 0 saturated carbocycles. The Morgan fingerprint density at radius 2 is 2.03 bits per heavy atom. The van der Waals surface area contributed by atoms with Crippen LogP contribution in [0.25, 0.3) is 22.3 Å². The van der Waals surface area contributed by atoms with Crippen molar-refractivity contribution in [2.24, 2.45) is 7.05 Å². The van der Waals surface area contributed by atoms with Crippen LogP contribution in [-0.2, 0) is 13.6 Å².